The number of furan rings is 1. The summed E-state index contributed by atoms with van der Waals surface area (Å²) in [6, 6.07) is 8.32. The van der Waals surface area contributed by atoms with Crippen molar-refractivity contribution in [2.24, 2.45) is 5.10 Å². The predicted octanol–water partition coefficient (Wildman–Crippen LogP) is 2.86. The molecule has 0 aliphatic rings. The highest BCUT2D eigenvalue weighted by Gasteiger charge is 2.13. The maximum Gasteiger partial charge on any atom is 0.337 e. The maximum atomic E-state index is 11.6. The second-order valence-electron chi connectivity index (χ2n) is 4.47. The molecule has 0 radical (unpaired) electrons. The third-order valence-corrected chi connectivity index (χ3v) is 3.33. The normalized spacial score (nSPS) is 11.0. The summed E-state index contributed by atoms with van der Waals surface area (Å²) < 4.78 is 11.8. The summed E-state index contributed by atoms with van der Waals surface area (Å²) in [6.45, 7) is 0. The highest BCUT2D eigenvalue weighted by Crippen LogP contribution is 2.30. The summed E-state index contributed by atoms with van der Waals surface area (Å²) in [5.41, 5.74) is 0.988. The molecule has 0 spiro atoms. The Labute approximate surface area is 136 Å². The summed E-state index contributed by atoms with van der Waals surface area (Å²) in [7, 11) is 1.32. The Morgan fingerprint density at radius 2 is 2.09 bits per heavy atom. The van der Waals surface area contributed by atoms with Gasteiger partial charge in [-0.2, -0.15) is 5.10 Å². The zero-order valence-electron chi connectivity index (χ0n) is 12.0. The van der Waals surface area contributed by atoms with Gasteiger partial charge in [-0.05, 0) is 30.3 Å². The summed E-state index contributed by atoms with van der Waals surface area (Å²) in [5.74, 6) is 0.600. The topological polar surface area (TPSA) is 82.5 Å². The minimum atomic E-state index is -0.441. The molecule has 0 aliphatic carbocycles. The van der Waals surface area contributed by atoms with Crippen molar-refractivity contribution in [1.82, 2.24) is 14.9 Å². The Balaban J connectivity index is 1.89. The first-order valence-electron chi connectivity index (χ1n) is 6.54. The number of rotatable bonds is 4. The number of carbonyl (C=O) groups is 1. The molecule has 0 fully saturated rings. The number of carbonyl (C=O) groups excluding carboxylic acids is 1. The Morgan fingerprint density at radius 1 is 1.30 bits per heavy atom. The molecular weight excluding hydrogens is 320 g/mol. The van der Waals surface area contributed by atoms with Crippen LogP contribution in [0.4, 0.5) is 0 Å². The molecule has 0 aliphatic heterocycles. The van der Waals surface area contributed by atoms with Crippen molar-refractivity contribution in [2.45, 2.75) is 0 Å². The smallest absolute Gasteiger partial charge is 0.337 e. The van der Waals surface area contributed by atoms with E-state index in [1.807, 2.05) is 0 Å². The van der Waals surface area contributed by atoms with E-state index in [1.165, 1.54) is 30.7 Å². The second-order valence-corrected chi connectivity index (χ2v) is 4.88. The molecule has 116 valence electrons. The molecule has 0 saturated heterocycles. The Bertz CT molecular complexity index is 855. The van der Waals surface area contributed by atoms with Crippen molar-refractivity contribution in [3.63, 3.8) is 0 Å². The molecule has 0 N–H and O–H groups in total. The molecule has 2 aromatic heterocycles. The summed E-state index contributed by atoms with van der Waals surface area (Å²) in [4.78, 5) is 11.6. The number of ether oxygens (including phenoxy) is 1. The van der Waals surface area contributed by atoms with Crippen LogP contribution in [0.5, 0.6) is 0 Å². The monoisotopic (exact) mass is 330 g/mol. The maximum absolute atomic E-state index is 11.6. The number of hydrogen-bond donors (Lipinski definition) is 0. The lowest BCUT2D eigenvalue weighted by Gasteiger charge is -2.04. The van der Waals surface area contributed by atoms with Gasteiger partial charge in [-0.3, -0.25) is 0 Å². The number of nitrogens with zero attached hydrogens (tertiary/aromatic N) is 4. The largest absolute Gasteiger partial charge is 0.465 e. The molecule has 23 heavy (non-hydrogen) atoms. The molecule has 0 unspecified atom stereocenters. The van der Waals surface area contributed by atoms with Gasteiger partial charge in [0.15, 0.2) is 0 Å². The highest BCUT2D eigenvalue weighted by atomic mass is 35.5. The van der Waals surface area contributed by atoms with Crippen molar-refractivity contribution < 1.29 is 13.9 Å². The van der Waals surface area contributed by atoms with Gasteiger partial charge in [0.1, 0.15) is 24.2 Å². The lowest BCUT2D eigenvalue weighted by molar-refractivity contribution is 0.0601. The van der Waals surface area contributed by atoms with Crippen molar-refractivity contribution in [2.75, 3.05) is 7.11 Å². The SMILES string of the molecule is COC(=O)c1ccc(Cl)c(-c2ccc(C=Nn3cnnc3)o2)c1. The van der Waals surface area contributed by atoms with Crippen LogP contribution < -0.4 is 0 Å². The molecule has 3 rings (SSSR count). The Morgan fingerprint density at radius 3 is 2.83 bits per heavy atom. The van der Waals surface area contributed by atoms with E-state index in [0.29, 0.717) is 27.7 Å². The van der Waals surface area contributed by atoms with Gasteiger partial charge in [0.05, 0.1) is 23.9 Å². The van der Waals surface area contributed by atoms with E-state index in [4.69, 9.17) is 20.8 Å². The van der Waals surface area contributed by atoms with Crippen LogP contribution in [0.15, 0.2) is 52.5 Å². The molecule has 8 heteroatoms. The zero-order chi connectivity index (χ0) is 16.2. The predicted molar refractivity (Wildman–Crippen MR) is 83.5 cm³/mol. The Hall–Kier alpha value is -2.93. The molecule has 0 bridgehead atoms. The van der Waals surface area contributed by atoms with Crippen molar-refractivity contribution in [1.29, 1.82) is 0 Å². The van der Waals surface area contributed by atoms with Crippen LogP contribution in [-0.2, 0) is 4.74 Å². The minimum absolute atomic E-state index is 0.392. The van der Waals surface area contributed by atoms with E-state index in [0.717, 1.165) is 0 Å². The van der Waals surface area contributed by atoms with Crippen molar-refractivity contribution in [3.05, 3.63) is 59.3 Å². The van der Waals surface area contributed by atoms with Crippen LogP contribution in [0.3, 0.4) is 0 Å². The average Bonchev–Trinajstić information content (AvgIpc) is 3.24. The van der Waals surface area contributed by atoms with Crippen LogP contribution in [0.1, 0.15) is 16.1 Å². The van der Waals surface area contributed by atoms with Crippen LogP contribution in [0.25, 0.3) is 11.3 Å². The zero-order valence-corrected chi connectivity index (χ0v) is 12.8. The fourth-order valence-electron chi connectivity index (χ4n) is 1.90. The average molecular weight is 331 g/mol. The van der Waals surface area contributed by atoms with Crippen LogP contribution in [0, 0.1) is 0 Å². The molecule has 0 saturated carbocycles. The lowest BCUT2D eigenvalue weighted by Crippen LogP contribution is -2.01. The first kappa shape index (κ1) is 15.0. The van der Waals surface area contributed by atoms with Gasteiger partial charge in [-0.1, -0.05) is 11.6 Å². The molecule has 2 heterocycles. The second kappa shape index (κ2) is 6.45. The van der Waals surface area contributed by atoms with Gasteiger partial charge in [0, 0.05) is 5.56 Å². The van der Waals surface area contributed by atoms with Crippen molar-refractivity contribution in [3.8, 4) is 11.3 Å². The number of aromatic nitrogens is 3. The number of benzene rings is 1. The molecule has 3 aromatic rings. The highest BCUT2D eigenvalue weighted by molar-refractivity contribution is 6.33. The van der Waals surface area contributed by atoms with E-state index >= 15 is 0 Å². The third kappa shape index (κ3) is 3.29. The fourth-order valence-corrected chi connectivity index (χ4v) is 2.12. The van der Waals surface area contributed by atoms with Crippen molar-refractivity contribution >= 4 is 23.8 Å². The van der Waals surface area contributed by atoms with E-state index in [2.05, 4.69) is 15.3 Å². The van der Waals surface area contributed by atoms with Gasteiger partial charge in [0.25, 0.3) is 0 Å². The van der Waals surface area contributed by atoms with Gasteiger partial charge >= 0.3 is 5.97 Å². The number of hydrogen-bond acceptors (Lipinski definition) is 6. The summed E-state index contributed by atoms with van der Waals surface area (Å²) in [6.07, 6.45) is 4.43. The molecule has 1 aromatic carbocycles. The number of halogens is 1. The van der Waals surface area contributed by atoms with E-state index in [1.54, 1.807) is 30.3 Å². The number of methoxy groups -OCH3 is 1. The minimum Gasteiger partial charge on any atom is -0.465 e. The van der Waals surface area contributed by atoms with Gasteiger partial charge in [0.2, 0.25) is 0 Å². The fraction of sp³-hybridized carbons (Fsp3) is 0.0667. The van der Waals surface area contributed by atoms with Gasteiger partial charge < -0.3 is 9.15 Å². The summed E-state index contributed by atoms with van der Waals surface area (Å²) >= 11 is 6.18. The third-order valence-electron chi connectivity index (χ3n) is 3.00. The van der Waals surface area contributed by atoms with Gasteiger partial charge in [-0.25, -0.2) is 9.47 Å². The van der Waals surface area contributed by atoms with E-state index in [-0.39, 0.29) is 0 Å². The molecular formula is C15H11ClN4O3. The van der Waals surface area contributed by atoms with Gasteiger partial charge in [-0.15, -0.1) is 10.2 Å². The van der Waals surface area contributed by atoms with E-state index in [9.17, 15) is 4.79 Å². The van der Waals surface area contributed by atoms with E-state index < -0.39 is 5.97 Å². The molecule has 0 atom stereocenters. The van der Waals surface area contributed by atoms with Crippen LogP contribution >= 0.6 is 11.6 Å². The quantitative estimate of drug-likeness (QED) is 0.542. The standard InChI is InChI=1S/C15H11ClN4O3/c1-22-15(21)10-2-4-13(16)12(6-10)14-5-3-11(23-14)7-19-20-8-17-18-9-20/h2-9H,1H3. The lowest BCUT2D eigenvalue weighted by atomic mass is 10.1. The first-order chi connectivity index (χ1) is 11.2. The molecule has 0 amide bonds. The Kier molecular flexibility index (Phi) is 4.20. The van der Waals surface area contributed by atoms with Crippen LogP contribution in [-0.4, -0.2) is 34.2 Å². The number of esters is 1. The first-order valence-corrected chi connectivity index (χ1v) is 6.92. The summed E-state index contributed by atoms with van der Waals surface area (Å²) in [5, 5.41) is 11.8. The van der Waals surface area contributed by atoms with Crippen LogP contribution in [0.2, 0.25) is 5.02 Å². The molecule has 7 nitrogen and oxygen atoms in total.